The van der Waals surface area contributed by atoms with Crippen molar-refractivity contribution in [1.82, 2.24) is 5.48 Å². The topological polar surface area (TPSA) is 83.5 Å². The van der Waals surface area contributed by atoms with Crippen LogP contribution in [0.5, 0.6) is 0 Å². The van der Waals surface area contributed by atoms with Crippen LogP contribution in [0.4, 0.5) is 0 Å². The molecule has 0 bridgehead atoms. The number of hydrogen-bond donors (Lipinski definition) is 2. The molecule has 0 aliphatic heterocycles. The molecular formula is C21H27NO4S. The Hall–Kier alpha value is -2.18. The van der Waals surface area contributed by atoms with Crippen molar-refractivity contribution in [2.24, 2.45) is 0 Å². The molecule has 0 saturated carbocycles. The van der Waals surface area contributed by atoms with Crippen molar-refractivity contribution in [2.45, 2.75) is 43.8 Å². The van der Waals surface area contributed by atoms with Crippen LogP contribution in [0.25, 0.3) is 11.1 Å². The number of aryl methyl sites for hydroxylation is 1. The average Bonchev–Trinajstić information content (AvgIpc) is 2.67. The predicted octanol–water partition coefficient (Wildman–Crippen LogP) is 3.77. The van der Waals surface area contributed by atoms with Crippen LogP contribution in [0, 0.1) is 0 Å². The second-order valence-electron chi connectivity index (χ2n) is 7.07. The SMILES string of the molecule is CC(CCCCCc1ccc(-c2ccccc2)cc1)(C(=O)NO)S(C)(=O)=O. The van der Waals surface area contributed by atoms with Gasteiger partial charge in [-0.2, -0.15) is 0 Å². The maximum Gasteiger partial charge on any atom is 0.264 e. The summed E-state index contributed by atoms with van der Waals surface area (Å²) in [4.78, 5) is 11.8. The van der Waals surface area contributed by atoms with E-state index in [9.17, 15) is 13.2 Å². The number of hydrogen-bond acceptors (Lipinski definition) is 4. The highest BCUT2D eigenvalue weighted by Crippen LogP contribution is 2.25. The molecule has 0 saturated heterocycles. The number of carbonyl (C=O) groups is 1. The van der Waals surface area contributed by atoms with Crippen molar-refractivity contribution in [3.8, 4) is 11.1 Å². The van der Waals surface area contributed by atoms with E-state index in [1.165, 1.54) is 29.1 Å². The van der Waals surface area contributed by atoms with Crippen LogP contribution in [-0.2, 0) is 21.1 Å². The molecule has 1 unspecified atom stereocenters. The van der Waals surface area contributed by atoms with Crippen LogP contribution in [0.3, 0.4) is 0 Å². The average molecular weight is 390 g/mol. The molecule has 0 aromatic heterocycles. The highest BCUT2D eigenvalue weighted by Gasteiger charge is 2.42. The van der Waals surface area contributed by atoms with Crippen LogP contribution < -0.4 is 5.48 Å². The molecule has 0 fully saturated rings. The molecule has 27 heavy (non-hydrogen) atoms. The summed E-state index contributed by atoms with van der Waals surface area (Å²) in [7, 11) is -3.62. The van der Waals surface area contributed by atoms with Gasteiger partial charge in [-0.05, 0) is 42.9 Å². The Labute approximate surface area is 161 Å². The molecule has 0 aliphatic rings. The van der Waals surface area contributed by atoms with Gasteiger partial charge in [0, 0.05) is 6.26 Å². The molecule has 6 heteroatoms. The third-order valence-corrected chi connectivity index (χ3v) is 7.11. The summed E-state index contributed by atoms with van der Waals surface area (Å²) in [6, 6.07) is 18.6. The van der Waals surface area contributed by atoms with Gasteiger partial charge in [-0.3, -0.25) is 10.0 Å². The summed E-state index contributed by atoms with van der Waals surface area (Å²) in [5, 5.41) is 8.83. The Morgan fingerprint density at radius 1 is 0.963 bits per heavy atom. The largest absolute Gasteiger partial charge is 0.289 e. The minimum atomic E-state index is -3.62. The number of rotatable bonds is 9. The first-order chi connectivity index (χ1) is 12.8. The van der Waals surface area contributed by atoms with Crippen LogP contribution in [0.15, 0.2) is 54.6 Å². The van der Waals surface area contributed by atoms with Crippen LogP contribution in [0.1, 0.15) is 38.2 Å². The van der Waals surface area contributed by atoms with Gasteiger partial charge in [-0.1, -0.05) is 67.4 Å². The van der Waals surface area contributed by atoms with Gasteiger partial charge in [0.1, 0.15) is 4.75 Å². The fourth-order valence-electron chi connectivity index (χ4n) is 3.05. The smallest absolute Gasteiger partial charge is 0.264 e. The molecule has 1 amide bonds. The van der Waals surface area contributed by atoms with E-state index in [1.807, 2.05) is 18.2 Å². The summed E-state index contributed by atoms with van der Waals surface area (Å²) in [6.07, 6.45) is 4.42. The molecule has 0 spiro atoms. The van der Waals surface area contributed by atoms with Crippen molar-refractivity contribution in [2.75, 3.05) is 6.26 Å². The monoisotopic (exact) mass is 389 g/mol. The minimum Gasteiger partial charge on any atom is -0.289 e. The van der Waals surface area contributed by atoms with Gasteiger partial charge in [0.05, 0.1) is 0 Å². The highest BCUT2D eigenvalue weighted by molar-refractivity contribution is 7.92. The molecule has 0 radical (unpaired) electrons. The van der Waals surface area contributed by atoms with E-state index >= 15 is 0 Å². The van der Waals surface area contributed by atoms with Crippen molar-refractivity contribution in [1.29, 1.82) is 0 Å². The second-order valence-corrected chi connectivity index (χ2v) is 9.51. The summed E-state index contributed by atoms with van der Waals surface area (Å²) < 4.78 is 22.2. The first-order valence-corrected chi connectivity index (χ1v) is 11.0. The number of unbranched alkanes of at least 4 members (excludes halogenated alkanes) is 2. The number of amides is 1. The predicted molar refractivity (Wildman–Crippen MR) is 107 cm³/mol. The van der Waals surface area contributed by atoms with Gasteiger partial charge >= 0.3 is 0 Å². The second kappa shape index (κ2) is 9.15. The Morgan fingerprint density at radius 3 is 2.11 bits per heavy atom. The van der Waals surface area contributed by atoms with Crippen LogP contribution >= 0.6 is 0 Å². The fraction of sp³-hybridized carbons (Fsp3) is 0.381. The van der Waals surface area contributed by atoms with Gasteiger partial charge in [-0.15, -0.1) is 0 Å². The normalized spacial score (nSPS) is 13.7. The highest BCUT2D eigenvalue weighted by atomic mass is 32.2. The molecule has 0 aliphatic carbocycles. The van der Waals surface area contributed by atoms with E-state index in [4.69, 9.17) is 5.21 Å². The Kier molecular flexibility index (Phi) is 7.16. The number of sulfone groups is 1. The van der Waals surface area contributed by atoms with Crippen molar-refractivity contribution >= 4 is 15.7 Å². The number of carbonyl (C=O) groups excluding carboxylic acids is 1. The lowest BCUT2D eigenvalue weighted by Crippen LogP contribution is -2.49. The molecule has 2 aromatic rings. The summed E-state index contributed by atoms with van der Waals surface area (Å²) >= 11 is 0. The van der Waals surface area contributed by atoms with Gasteiger partial charge in [-0.25, -0.2) is 13.9 Å². The molecular weight excluding hydrogens is 362 g/mol. The third-order valence-electron chi connectivity index (χ3n) is 5.08. The fourth-order valence-corrected chi connectivity index (χ4v) is 3.95. The zero-order valence-corrected chi connectivity index (χ0v) is 16.6. The van der Waals surface area contributed by atoms with Gasteiger partial charge < -0.3 is 0 Å². The van der Waals surface area contributed by atoms with Crippen LogP contribution in [-0.4, -0.2) is 30.5 Å². The van der Waals surface area contributed by atoms with E-state index in [1.54, 1.807) is 0 Å². The first-order valence-electron chi connectivity index (χ1n) is 9.06. The third kappa shape index (κ3) is 5.40. The standard InChI is InChI=1S/C21H27NO4S/c1-21(20(23)22-24,27(2,25)26)16-8-4-5-9-17-12-14-19(15-13-17)18-10-6-3-7-11-18/h3,6-7,10-15,24H,4-5,8-9,16H2,1-2H3,(H,22,23). The molecule has 2 rings (SSSR count). The molecule has 5 nitrogen and oxygen atoms in total. The number of nitrogens with one attached hydrogen (secondary N) is 1. The first kappa shape index (κ1) is 21.1. The van der Waals surface area contributed by atoms with Gasteiger partial charge in [0.2, 0.25) is 0 Å². The molecule has 2 N–H and O–H groups in total. The maximum atomic E-state index is 11.9. The number of benzene rings is 2. The summed E-state index contributed by atoms with van der Waals surface area (Å²) in [5.74, 6) is -0.874. The Bertz CT molecular complexity index is 848. The zero-order valence-electron chi connectivity index (χ0n) is 15.8. The van der Waals surface area contributed by atoms with E-state index in [-0.39, 0.29) is 6.42 Å². The lowest BCUT2D eigenvalue weighted by atomic mass is 9.98. The van der Waals surface area contributed by atoms with Crippen molar-refractivity contribution in [3.63, 3.8) is 0 Å². The van der Waals surface area contributed by atoms with E-state index in [0.29, 0.717) is 6.42 Å². The molecule has 146 valence electrons. The molecule has 0 heterocycles. The Morgan fingerprint density at radius 2 is 1.56 bits per heavy atom. The van der Waals surface area contributed by atoms with Crippen molar-refractivity contribution < 1.29 is 18.4 Å². The number of hydroxylamine groups is 1. The van der Waals surface area contributed by atoms with Crippen molar-refractivity contribution in [3.05, 3.63) is 60.2 Å². The summed E-state index contributed by atoms with van der Waals surface area (Å²) in [5.41, 5.74) is 5.08. The van der Waals surface area contributed by atoms with Crippen LogP contribution in [0.2, 0.25) is 0 Å². The summed E-state index contributed by atoms with van der Waals surface area (Å²) in [6.45, 7) is 1.36. The lowest BCUT2D eigenvalue weighted by molar-refractivity contribution is -0.131. The lowest BCUT2D eigenvalue weighted by Gasteiger charge is -2.24. The maximum absolute atomic E-state index is 11.9. The zero-order chi connectivity index (χ0) is 19.9. The molecule has 2 aromatic carbocycles. The Balaban J connectivity index is 1.84. The molecule has 1 atom stereocenters. The minimum absolute atomic E-state index is 0.186. The van der Waals surface area contributed by atoms with Gasteiger partial charge in [0.25, 0.3) is 5.91 Å². The quantitative estimate of drug-likeness (QED) is 0.388. The van der Waals surface area contributed by atoms with E-state index in [0.717, 1.165) is 25.5 Å². The van der Waals surface area contributed by atoms with E-state index < -0.39 is 20.5 Å². The van der Waals surface area contributed by atoms with Gasteiger partial charge in [0.15, 0.2) is 9.84 Å². The van der Waals surface area contributed by atoms with E-state index in [2.05, 4.69) is 36.4 Å².